The van der Waals surface area contributed by atoms with Crippen LogP contribution in [0, 0.1) is 5.82 Å². The quantitative estimate of drug-likeness (QED) is 0.367. The van der Waals surface area contributed by atoms with Crippen LogP contribution in [-0.4, -0.2) is 39.9 Å². The fraction of sp³-hybridized carbons (Fsp3) is 0.381. The summed E-state index contributed by atoms with van der Waals surface area (Å²) >= 11 is 0. The van der Waals surface area contributed by atoms with E-state index in [9.17, 15) is 4.39 Å². The average molecular weight is 389 g/mol. The number of nitrogens with one attached hydrogen (secondary N) is 2. The van der Waals surface area contributed by atoms with Crippen molar-refractivity contribution < 1.29 is 18.6 Å². The Morgan fingerprint density at radius 3 is 2.68 bits per heavy atom. The predicted molar refractivity (Wildman–Crippen MR) is 110 cm³/mol. The smallest absolute Gasteiger partial charge is 0.195 e. The molecule has 0 amide bonds. The first-order valence-electron chi connectivity index (χ1n) is 9.27. The summed E-state index contributed by atoms with van der Waals surface area (Å²) in [6, 6.07) is 12.5. The Kier molecular flexibility index (Phi) is 9.07. The van der Waals surface area contributed by atoms with Crippen molar-refractivity contribution in [3.8, 4) is 11.5 Å². The lowest BCUT2D eigenvalue weighted by Crippen LogP contribution is -2.30. The van der Waals surface area contributed by atoms with Gasteiger partial charge < -0.3 is 24.8 Å². The van der Waals surface area contributed by atoms with E-state index < -0.39 is 0 Å². The van der Waals surface area contributed by atoms with Crippen LogP contribution in [0.5, 0.6) is 11.5 Å². The van der Waals surface area contributed by atoms with Gasteiger partial charge >= 0.3 is 0 Å². The van der Waals surface area contributed by atoms with E-state index in [1.807, 2.05) is 37.3 Å². The van der Waals surface area contributed by atoms with E-state index in [-0.39, 0.29) is 11.6 Å². The second-order valence-electron chi connectivity index (χ2n) is 5.97. The van der Waals surface area contributed by atoms with E-state index in [4.69, 9.17) is 14.2 Å². The lowest BCUT2D eigenvalue weighted by molar-refractivity contribution is 0.172. The van der Waals surface area contributed by atoms with Gasteiger partial charge in [-0.3, -0.25) is 4.99 Å². The fourth-order valence-electron chi connectivity index (χ4n) is 2.49. The standard InChI is InChI=1S/C21H28FN3O3/c1-4-27-20-10-9-16(13-19(20)22)15-24-21(23-2)25-17-7-5-8-18(14-17)28-12-6-11-26-3/h5,7-10,13-14H,4,6,11-12,15H2,1-3H3,(H2,23,24,25). The van der Waals surface area contributed by atoms with Gasteiger partial charge in [0.15, 0.2) is 17.5 Å². The van der Waals surface area contributed by atoms with Gasteiger partial charge in [-0.15, -0.1) is 0 Å². The first-order chi connectivity index (χ1) is 13.7. The molecule has 7 heteroatoms. The van der Waals surface area contributed by atoms with E-state index in [0.29, 0.717) is 32.3 Å². The van der Waals surface area contributed by atoms with Crippen molar-refractivity contribution in [2.45, 2.75) is 19.9 Å². The second kappa shape index (κ2) is 11.8. The zero-order valence-corrected chi connectivity index (χ0v) is 16.6. The Hall–Kier alpha value is -2.80. The highest BCUT2D eigenvalue weighted by Gasteiger charge is 2.06. The number of anilines is 1. The van der Waals surface area contributed by atoms with Gasteiger partial charge in [0.05, 0.1) is 13.2 Å². The molecule has 2 aromatic rings. The minimum atomic E-state index is -0.373. The van der Waals surface area contributed by atoms with Crippen molar-refractivity contribution in [3.63, 3.8) is 0 Å². The van der Waals surface area contributed by atoms with Gasteiger partial charge in [0.1, 0.15) is 5.75 Å². The van der Waals surface area contributed by atoms with E-state index in [2.05, 4.69) is 15.6 Å². The number of benzene rings is 2. The predicted octanol–water partition coefficient (Wildman–Crippen LogP) is 3.83. The fourth-order valence-corrected chi connectivity index (χ4v) is 2.49. The van der Waals surface area contributed by atoms with Gasteiger partial charge in [-0.05, 0) is 36.8 Å². The zero-order valence-electron chi connectivity index (χ0n) is 16.6. The van der Waals surface area contributed by atoms with Crippen molar-refractivity contribution in [2.24, 2.45) is 4.99 Å². The van der Waals surface area contributed by atoms with Gasteiger partial charge in [0.2, 0.25) is 0 Å². The number of rotatable bonds is 10. The highest BCUT2D eigenvalue weighted by molar-refractivity contribution is 5.93. The van der Waals surface area contributed by atoms with Crippen molar-refractivity contribution in [1.29, 1.82) is 0 Å². The molecule has 0 fully saturated rings. The minimum absolute atomic E-state index is 0.260. The van der Waals surface area contributed by atoms with Crippen LogP contribution in [0.2, 0.25) is 0 Å². The van der Waals surface area contributed by atoms with Crippen LogP contribution in [0.25, 0.3) is 0 Å². The maximum absolute atomic E-state index is 14.0. The molecule has 2 aromatic carbocycles. The number of hydrogen-bond donors (Lipinski definition) is 2. The lowest BCUT2D eigenvalue weighted by atomic mass is 10.2. The van der Waals surface area contributed by atoms with Crippen molar-refractivity contribution in [1.82, 2.24) is 5.32 Å². The van der Waals surface area contributed by atoms with Gasteiger partial charge in [-0.1, -0.05) is 12.1 Å². The monoisotopic (exact) mass is 389 g/mol. The first-order valence-corrected chi connectivity index (χ1v) is 9.27. The number of guanidine groups is 1. The number of aliphatic imine (C=N–C) groups is 1. The Bertz CT molecular complexity index is 768. The molecule has 0 atom stereocenters. The van der Waals surface area contributed by atoms with Crippen LogP contribution in [0.1, 0.15) is 18.9 Å². The van der Waals surface area contributed by atoms with Crippen molar-refractivity contribution in [2.75, 3.05) is 39.3 Å². The van der Waals surface area contributed by atoms with Crippen LogP contribution < -0.4 is 20.1 Å². The summed E-state index contributed by atoms with van der Waals surface area (Å²) < 4.78 is 29.9. The molecule has 152 valence electrons. The second-order valence-corrected chi connectivity index (χ2v) is 5.97. The summed E-state index contributed by atoms with van der Waals surface area (Å²) in [6.07, 6.45) is 0.829. The summed E-state index contributed by atoms with van der Waals surface area (Å²) in [4.78, 5) is 4.20. The lowest BCUT2D eigenvalue weighted by Gasteiger charge is -2.14. The summed E-state index contributed by atoms with van der Waals surface area (Å²) in [5.74, 6) is 1.23. The van der Waals surface area contributed by atoms with Gasteiger partial charge in [-0.2, -0.15) is 0 Å². The molecule has 0 aliphatic rings. The van der Waals surface area contributed by atoms with Crippen LogP contribution in [-0.2, 0) is 11.3 Å². The Labute approximate surface area is 165 Å². The van der Waals surface area contributed by atoms with Crippen LogP contribution in [0.3, 0.4) is 0 Å². The molecule has 0 unspecified atom stereocenters. The summed E-state index contributed by atoms with van der Waals surface area (Å²) in [6.45, 7) is 3.94. The van der Waals surface area contributed by atoms with Crippen molar-refractivity contribution in [3.05, 3.63) is 53.8 Å². The minimum Gasteiger partial charge on any atom is -0.493 e. The van der Waals surface area contributed by atoms with E-state index in [1.165, 1.54) is 6.07 Å². The Morgan fingerprint density at radius 2 is 1.96 bits per heavy atom. The summed E-state index contributed by atoms with van der Waals surface area (Å²) in [7, 11) is 3.35. The van der Waals surface area contributed by atoms with E-state index >= 15 is 0 Å². The number of nitrogens with zero attached hydrogens (tertiary/aromatic N) is 1. The van der Waals surface area contributed by atoms with E-state index in [1.54, 1.807) is 20.2 Å². The maximum Gasteiger partial charge on any atom is 0.195 e. The molecule has 0 aliphatic heterocycles. The third-order valence-corrected chi connectivity index (χ3v) is 3.84. The average Bonchev–Trinajstić information content (AvgIpc) is 2.71. The van der Waals surface area contributed by atoms with Gasteiger partial charge in [0.25, 0.3) is 0 Å². The van der Waals surface area contributed by atoms with Crippen LogP contribution >= 0.6 is 0 Å². The molecule has 0 heterocycles. The SMILES string of the molecule is CCOc1ccc(CNC(=NC)Nc2cccc(OCCCOC)c2)cc1F. The van der Waals surface area contributed by atoms with E-state index in [0.717, 1.165) is 23.4 Å². The largest absolute Gasteiger partial charge is 0.493 e. The molecule has 0 radical (unpaired) electrons. The molecule has 2 rings (SSSR count). The number of halogens is 1. The number of methoxy groups -OCH3 is 1. The topological polar surface area (TPSA) is 64.1 Å². The molecule has 6 nitrogen and oxygen atoms in total. The third-order valence-electron chi connectivity index (χ3n) is 3.84. The molecule has 0 spiro atoms. The van der Waals surface area contributed by atoms with Crippen LogP contribution in [0.15, 0.2) is 47.5 Å². The molecule has 0 saturated carbocycles. The normalized spacial score (nSPS) is 11.2. The highest BCUT2D eigenvalue weighted by Crippen LogP contribution is 2.19. The van der Waals surface area contributed by atoms with Gasteiger partial charge in [-0.25, -0.2) is 4.39 Å². The van der Waals surface area contributed by atoms with Gasteiger partial charge in [0, 0.05) is 45.5 Å². The number of ether oxygens (including phenoxy) is 3. The molecule has 0 saturated heterocycles. The molecule has 28 heavy (non-hydrogen) atoms. The zero-order chi connectivity index (χ0) is 20.2. The molecule has 2 N–H and O–H groups in total. The number of hydrogen-bond acceptors (Lipinski definition) is 4. The van der Waals surface area contributed by atoms with Crippen LogP contribution in [0.4, 0.5) is 10.1 Å². The third kappa shape index (κ3) is 7.08. The summed E-state index contributed by atoms with van der Waals surface area (Å²) in [5, 5.41) is 6.37. The molecule has 0 aliphatic carbocycles. The summed E-state index contributed by atoms with van der Waals surface area (Å²) in [5.41, 5.74) is 1.63. The Balaban J connectivity index is 1.89. The Morgan fingerprint density at radius 1 is 1.11 bits per heavy atom. The highest BCUT2D eigenvalue weighted by atomic mass is 19.1. The first kappa shape index (κ1) is 21.5. The maximum atomic E-state index is 14.0. The molecular weight excluding hydrogens is 361 g/mol. The molecular formula is C21H28FN3O3. The van der Waals surface area contributed by atoms with Crippen molar-refractivity contribution >= 4 is 11.6 Å². The molecule has 0 bridgehead atoms. The molecule has 0 aromatic heterocycles.